The van der Waals surface area contributed by atoms with Crippen LogP contribution in [0.1, 0.15) is 31.0 Å². The molecular weight excluding hydrogens is 366 g/mol. The summed E-state index contributed by atoms with van der Waals surface area (Å²) in [6.45, 7) is 4.12. The molecule has 1 aliphatic heterocycles. The molecule has 0 aliphatic carbocycles. The number of carbonyl (C=O) groups excluding carboxylic acids is 1. The van der Waals surface area contributed by atoms with Gasteiger partial charge in [-0.1, -0.05) is 43.3 Å². The quantitative estimate of drug-likeness (QED) is 0.696. The van der Waals surface area contributed by atoms with E-state index >= 15 is 0 Å². The summed E-state index contributed by atoms with van der Waals surface area (Å²) in [6.07, 6.45) is 2.48. The highest BCUT2D eigenvalue weighted by atomic mass is 16.5. The summed E-state index contributed by atoms with van der Waals surface area (Å²) < 4.78 is 7.18. The fourth-order valence-electron chi connectivity index (χ4n) is 3.91. The van der Waals surface area contributed by atoms with Crippen LogP contribution in [0.3, 0.4) is 0 Å². The van der Waals surface area contributed by atoms with Gasteiger partial charge in [0.1, 0.15) is 12.1 Å². The molecule has 0 bridgehead atoms. The Kier molecular flexibility index (Phi) is 5.20. The van der Waals surface area contributed by atoms with Crippen molar-refractivity contribution in [2.75, 3.05) is 17.7 Å². The van der Waals surface area contributed by atoms with Crippen molar-refractivity contribution in [3.8, 4) is 5.75 Å². The average Bonchev–Trinajstić information content (AvgIpc) is 3.21. The van der Waals surface area contributed by atoms with Gasteiger partial charge < -0.3 is 15.4 Å². The van der Waals surface area contributed by atoms with Crippen molar-refractivity contribution in [3.05, 3.63) is 66.0 Å². The third-order valence-electron chi connectivity index (χ3n) is 5.47. The van der Waals surface area contributed by atoms with Crippen LogP contribution in [0, 0.1) is 5.92 Å². The number of amides is 1. The third kappa shape index (κ3) is 3.55. The molecule has 0 spiro atoms. The maximum atomic E-state index is 13.4. The first-order valence-electron chi connectivity index (χ1n) is 9.81. The number of hydrogen-bond acceptors (Lipinski definition) is 5. The van der Waals surface area contributed by atoms with Gasteiger partial charge in [0, 0.05) is 6.04 Å². The highest BCUT2D eigenvalue weighted by Gasteiger charge is 2.41. The molecule has 1 aromatic heterocycles. The van der Waals surface area contributed by atoms with Crippen molar-refractivity contribution in [1.82, 2.24) is 14.8 Å². The predicted molar refractivity (Wildman–Crippen MR) is 112 cm³/mol. The number of methoxy groups -OCH3 is 1. The minimum Gasteiger partial charge on any atom is -0.495 e. The molecule has 0 saturated carbocycles. The SMILES string of the molecule is CCc1ccc([C@@H]2[C@H](C(=O)Nc3ccccc3OC)[C@H](C)Nc3ncnn32)cc1. The monoisotopic (exact) mass is 391 g/mol. The van der Waals surface area contributed by atoms with Crippen molar-refractivity contribution >= 4 is 17.5 Å². The molecule has 7 heteroatoms. The Balaban J connectivity index is 1.71. The second-order valence-electron chi connectivity index (χ2n) is 7.22. The van der Waals surface area contributed by atoms with Crippen LogP contribution in [-0.4, -0.2) is 33.8 Å². The van der Waals surface area contributed by atoms with Gasteiger partial charge in [0.05, 0.1) is 24.8 Å². The molecule has 0 radical (unpaired) electrons. The molecule has 1 amide bonds. The number of carbonyl (C=O) groups is 1. The van der Waals surface area contributed by atoms with Crippen molar-refractivity contribution < 1.29 is 9.53 Å². The van der Waals surface area contributed by atoms with Crippen LogP contribution in [0.4, 0.5) is 11.6 Å². The third-order valence-corrected chi connectivity index (χ3v) is 5.47. The minimum atomic E-state index is -0.387. The van der Waals surface area contributed by atoms with E-state index in [-0.39, 0.29) is 23.9 Å². The van der Waals surface area contributed by atoms with Crippen LogP contribution in [0.5, 0.6) is 5.75 Å². The van der Waals surface area contributed by atoms with Gasteiger partial charge in [-0.25, -0.2) is 4.68 Å². The Bertz CT molecular complexity index is 998. The average molecular weight is 391 g/mol. The molecule has 2 N–H and O–H groups in total. The number of aromatic nitrogens is 3. The van der Waals surface area contributed by atoms with E-state index in [4.69, 9.17) is 4.74 Å². The molecule has 4 rings (SSSR count). The molecule has 7 nitrogen and oxygen atoms in total. The zero-order valence-electron chi connectivity index (χ0n) is 16.8. The summed E-state index contributed by atoms with van der Waals surface area (Å²) in [5.74, 6) is 0.813. The number of rotatable bonds is 5. The first kappa shape index (κ1) is 19.0. The summed E-state index contributed by atoms with van der Waals surface area (Å²) in [5.41, 5.74) is 2.93. The molecule has 2 heterocycles. The van der Waals surface area contributed by atoms with Gasteiger partial charge in [-0.05, 0) is 36.6 Å². The predicted octanol–water partition coefficient (Wildman–Crippen LogP) is 3.51. The summed E-state index contributed by atoms with van der Waals surface area (Å²) in [5, 5.41) is 10.7. The molecule has 29 heavy (non-hydrogen) atoms. The maximum Gasteiger partial charge on any atom is 0.232 e. The Morgan fingerprint density at radius 1 is 1.21 bits per heavy atom. The number of para-hydroxylation sites is 2. The van der Waals surface area contributed by atoms with Crippen LogP contribution in [0.2, 0.25) is 0 Å². The van der Waals surface area contributed by atoms with E-state index < -0.39 is 0 Å². The standard InChI is InChI=1S/C22H25N5O2/c1-4-15-9-11-16(12-10-15)20-19(14(2)25-22-23-13-24-27(20)22)21(28)26-17-7-5-6-8-18(17)29-3/h5-14,19-20H,4H2,1-3H3,(H,26,28)(H,23,24,25)/t14-,19+,20+/m0/s1. The van der Waals surface area contributed by atoms with Crippen LogP contribution >= 0.6 is 0 Å². The first-order valence-corrected chi connectivity index (χ1v) is 9.81. The van der Waals surface area contributed by atoms with Gasteiger partial charge in [0.2, 0.25) is 11.9 Å². The van der Waals surface area contributed by atoms with Gasteiger partial charge in [-0.15, -0.1) is 0 Å². The van der Waals surface area contributed by atoms with E-state index in [1.54, 1.807) is 11.8 Å². The maximum absolute atomic E-state index is 13.4. The molecule has 0 saturated heterocycles. The Morgan fingerprint density at radius 3 is 2.69 bits per heavy atom. The second-order valence-corrected chi connectivity index (χ2v) is 7.22. The number of nitrogens with zero attached hydrogens (tertiary/aromatic N) is 3. The summed E-state index contributed by atoms with van der Waals surface area (Å²) in [4.78, 5) is 17.7. The zero-order chi connectivity index (χ0) is 20.4. The summed E-state index contributed by atoms with van der Waals surface area (Å²) in [6, 6.07) is 15.4. The van der Waals surface area contributed by atoms with Gasteiger partial charge >= 0.3 is 0 Å². The number of aryl methyl sites for hydroxylation is 1. The van der Waals surface area contributed by atoms with Crippen LogP contribution in [0.25, 0.3) is 0 Å². The van der Waals surface area contributed by atoms with E-state index in [9.17, 15) is 4.79 Å². The van der Waals surface area contributed by atoms with Gasteiger partial charge in [0.15, 0.2) is 0 Å². The van der Waals surface area contributed by atoms with Gasteiger partial charge in [-0.3, -0.25) is 4.79 Å². The van der Waals surface area contributed by atoms with Gasteiger partial charge in [0.25, 0.3) is 0 Å². The van der Waals surface area contributed by atoms with E-state index in [2.05, 4.69) is 51.9 Å². The van der Waals surface area contributed by atoms with E-state index in [0.29, 0.717) is 17.4 Å². The Hall–Kier alpha value is -3.35. The van der Waals surface area contributed by atoms with Crippen LogP contribution in [-0.2, 0) is 11.2 Å². The minimum absolute atomic E-state index is 0.0970. The molecule has 3 aromatic rings. The van der Waals surface area contributed by atoms with Crippen molar-refractivity contribution in [2.24, 2.45) is 5.92 Å². The molecule has 2 aromatic carbocycles. The molecule has 3 atom stereocenters. The smallest absolute Gasteiger partial charge is 0.232 e. The molecule has 0 fully saturated rings. The lowest BCUT2D eigenvalue weighted by Gasteiger charge is -2.37. The number of benzene rings is 2. The molecule has 150 valence electrons. The first-order chi connectivity index (χ1) is 14.1. The topological polar surface area (TPSA) is 81.1 Å². The lowest BCUT2D eigenvalue weighted by Crippen LogP contribution is -2.46. The number of anilines is 2. The van der Waals surface area contributed by atoms with Gasteiger partial charge in [-0.2, -0.15) is 10.1 Å². The Labute approximate surface area is 170 Å². The second kappa shape index (κ2) is 7.95. The van der Waals surface area contributed by atoms with Crippen molar-refractivity contribution in [3.63, 3.8) is 0 Å². The highest BCUT2D eigenvalue weighted by Crippen LogP contribution is 2.37. The normalized spacial score (nSPS) is 20.4. The van der Waals surface area contributed by atoms with E-state index in [1.807, 2.05) is 31.2 Å². The van der Waals surface area contributed by atoms with Crippen molar-refractivity contribution in [2.45, 2.75) is 32.4 Å². The Morgan fingerprint density at radius 2 is 1.97 bits per heavy atom. The highest BCUT2D eigenvalue weighted by molar-refractivity contribution is 5.95. The summed E-state index contributed by atoms with van der Waals surface area (Å²) in [7, 11) is 1.59. The lowest BCUT2D eigenvalue weighted by atomic mass is 9.85. The van der Waals surface area contributed by atoms with Crippen molar-refractivity contribution in [1.29, 1.82) is 0 Å². The van der Waals surface area contributed by atoms with E-state index in [1.165, 1.54) is 11.9 Å². The number of ether oxygens (including phenoxy) is 1. The number of hydrogen-bond donors (Lipinski definition) is 2. The van der Waals surface area contributed by atoms with E-state index in [0.717, 1.165) is 12.0 Å². The number of fused-ring (bicyclic) bond motifs is 1. The number of nitrogens with one attached hydrogen (secondary N) is 2. The van der Waals surface area contributed by atoms with Crippen LogP contribution < -0.4 is 15.4 Å². The largest absolute Gasteiger partial charge is 0.495 e. The fourth-order valence-corrected chi connectivity index (χ4v) is 3.91. The lowest BCUT2D eigenvalue weighted by molar-refractivity contribution is -0.121. The molecule has 1 aliphatic rings. The molecular formula is C22H25N5O2. The summed E-state index contributed by atoms with van der Waals surface area (Å²) >= 11 is 0. The molecule has 0 unspecified atom stereocenters. The zero-order valence-corrected chi connectivity index (χ0v) is 16.8. The van der Waals surface area contributed by atoms with Crippen LogP contribution in [0.15, 0.2) is 54.9 Å². The fraction of sp³-hybridized carbons (Fsp3) is 0.318.